The van der Waals surface area contributed by atoms with Crippen LogP contribution in [0.15, 0.2) is 12.1 Å². The highest BCUT2D eigenvalue weighted by atomic mass is 16.5. The van der Waals surface area contributed by atoms with Crippen LogP contribution in [-0.4, -0.2) is 33.5 Å². The molecule has 1 atom stereocenters. The van der Waals surface area contributed by atoms with Crippen LogP contribution in [-0.2, 0) is 10.2 Å². The average molecular weight is 251 g/mol. The van der Waals surface area contributed by atoms with Crippen LogP contribution in [0.5, 0.6) is 11.5 Å². The maximum absolute atomic E-state index is 6.14. The van der Waals surface area contributed by atoms with Crippen LogP contribution < -0.4 is 15.2 Å². The molecule has 1 aliphatic rings. The molecule has 1 heterocycles. The van der Waals surface area contributed by atoms with Crippen molar-refractivity contribution in [3.63, 3.8) is 0 Å². The van der Waals surface area contributed by atoms with Crippen molar-refractivity contribution >= 4 is 0 Å². The van der Waals surface area contributed by atoms with Crippen molar-refractivity contribution in [2.45, 2.75) is 25.3 Å². The summed E-state index contributed by atoms with van der Waals surface area (Å²) >= 11 is 0. The van der Waals surface area contributed by atoms with Gasteiger partial charge in [-0.25, -0.2) is 0 Å². The fraction of sp³-hybridized carbons (Fsp3) is 0.571. The molecule has 0 bridgehead atoms. The molecule has 0 amide bonds. The van der Waals surface area contributed by atoms with Gasteiger partial charge in [-0.05, 0) is 37.1 Å². The molecule has 2 rings (SSSR count). The van der Waals surface area contributed by atoms with Gasteiger partial charge < -0.3 is 19.9 Å². The largest absolute Gasteiger partial charge is 0.493 e. The molecule has 1 fully saturated rings. The Bertz CT molecular complexity index is 439. The minimum absolute atomic E-state index is 0.0445. The van der Waals surface area contributed by atoms with E-state index in [4.69, 9.17) is 19.9 Å². The summed E-state index contributed by atoms with van der Waals surface area (Å²) in [7, 11) is 3.29. The molecule has 1 aromatic rings. The van der Waals surface area contributed by atoms with Crippen molar-refractivity contribution in [3.8, 4) is 11.5 Å². The van der Waals surface area contributed by atoms with E-state index in [1.165, 1.54) is 5.56 Å². The van der Waals surface area contributed by atoms with Crippen LogP contribution in [0.2, 0.25) is 0 Å². The van der Waals surface area contributed by atoms with Crippen molar-refractivity contribution in [3.05, 3.63) is 23.3 Å². The first-order valence-electron chi connectivity index (χ1n) is 6.11. The van der Waals surface area contributed by atoms with Crippen LogP contribution in [0, 0.1) is 6.92 Å². The molecule has 1 saturated heterocycles. The highest BCUT2D eigenvalue weighted by Crippen LogP contribution is 2.41. The van der Waals surface area contributed by atoms with Gasteiger partial charge in [-0.2, -0.15) is 0 Å². The summed E-state index contributed by atoms with van der Waals surface area (Å²) in [6, 6.07) is 4.07. The van der Waals surface area contributed by atoms with E-state index in [1.807, 2.05) is 19.1 Å². The van der Waals surface area contributed by atoms with Crippen LogP contribution in [0.3, 0.4) is 0 Å². The summed E-state index contributed by atoms with van der Waals surface area (Å²) in [5.41, 5.74) is 8.41. The highest BCUT2D eigenvalue weighted by molar-refractivity contribution is 5.50. The fourth-order valence-corrected chi connectivity index (χ4v) is 2.50. The van der Waals surface area contributed by atoms with Gasteiger partial charge in [-0.15, -0.1) is 0 Å². The maximum atomic E-state index is 6.14. The first kappa shape index (κ1) is 13.2. The predicted molar refractivity (Wildman–Crippen MR) is 70.4 cm³/mol. The van der Waals surface area contributed by atoms with E-state index in [9.17, 15) is 0 Å². The van der Waals surface area contributed by atoms with Crippen LogP contribution >= 0.6 is 0 Å². The molecule has 0 spiro atoms. The molecule has 4 nitrogen and oxygen atoms in total. The van der Waals surface area contributed by atoms with E-state index in [-0.39, 0.29) is 11.5 Å². The number of hydrogen-bond donors (Lipinski definition) is 1. The minimum Gasteiger partial charge on any atom is -0.493 e. The Morgan fingerprint density at radius 2 is 1.78 bits per heavy atom. The lowest BCUT2D eigenvalue weighted by Crippen LogP contribution is -2.57. The molecule has 2 N–H and O–H groups in total. The van der Waals surface area contributed by atoms with E-state index in [0.29, 0.717) is 13.2 Å². The Kier molecular flexibility index (Phi) is 3.50. The van der Waals surface area contributed by atoms with Crippen molar-refractivity contribution < 1.29 is 14.2 Å². The molecule has 4 heteroatoms. The molecule has 0 aromatic heterocycles. The quantitative estimate of drug-likeness (QED) is 0.883. The second kappa shape index (κ2) is 4.78. The van der Waals surface area contributed by atoms with E-state index in [1.54, 1.807) is 14.2 Å². The Balaban J connectivity index is 2.50. The van der Waals surface area contributed by atoms with Gasteiger partial charge in [0, 0.05) is 6.04 Å². The molecule has 0 aliphatic carbocycles. The van der Waals surface area contributed by atoms with Gasteiger partial charge in [-0.1, -0.05) is 0 Å². The third-order valence-corrected chi connectivity index (χ3v) is 3.86. The lowest BCUT2D eigenvalue weighted by Gasteiger charge is -2.46. The van der Waals surface area contributed by atoms with Gasteiger partial charge in [0.25, 0.3) is 0 Å². The number of aryl methyl sites for hydroxylation is 1. The van der Waals surface area contributed by atoms with Gasteiger partial charge in [0.05, 0.1) is 32.8 Å². The van der Waals surface area contributed by atoms with E-state index >= 15 is 0 Å². The standard InChI is InChI=1S/C14H21NO3/c1-9-5-12(16-3)13(17-4)6-11(9)14(10(2)15)7-18-8-14/h5-6,10H,7-8,15H2,1-4H3. The number of hydrogen-bond acceptors (Lipinski definition) is 4. The summed E-state index contributed by atoms with van der Waals surface area (Å²) in [4.78, 5) is 0. The van der Waals surface area contributed by atoms with Crippen LogP contribution in [0.1, 0.15) is 18.1 Å². The zero-order valence-electron chi connectivity index (χ0n) is 11.4. The van der Waals surface area contributed by atoms with Gasteiger partial charge in [-0.3, -0.25) is 0 Å². The summed E-state index contributed by atoms with van der Waals surface area (Å²) in [6.45, 7) is 5.43. The second-order valence-corrected chi connectivity index (χ2v) is 4.96. The average Bonchev–Trinajstić information content (AvgIpc) is 2.28. The Morgan fingerprint density at radius 3 is 2.17 bits per heavy atom. The molecule has 1 aliphatic heterocycles. The zero-order valence-corrected chi connectivity index (χ0v) is 11.4. The first-order chi connectivity index (χ1) is 8.55. The van der Waals surface area contributed by atoms with Crippen molar-refractivity contribution in [1.29, 1.82) is 0 Å². The van der Waals surface area contributed by atoms with Gasteiger partial charge in [0.1, 0.15) is 0 Å². The molecule has 1 unspecified atom stereocenters. The normalized spacial score (nSPS) is 18.9. The summed E-state index contributed by atoms with van der Waals surface area (Å²) < 4.78 is 16.1. The number of ether oxygens (including phenoxy) is 3. The van der Waals surface area contributed by atoms with Crippen molar-refractivity contribution in [1.82, 2.24) is 0 Å². The summed E-state index contributed by atoms with van der Waals surface area (Å²) in [5, 5.41) is 0. The third-order valence-electron chi connectivity index (χ3n) is 3.86. The number of nitrogens with two attached hydrogens (primary N) is 1. The molecule has 18 heavy (non-hydrogen) atoms. The fourth-order valence-electron chi connectivity index (χ4n) is 2.50. The molecule has 100 valence electrons. The second-order valence-electron chi connectivity index (χ2n) is 4.96. The van der Waals surface area contributed by atoms with Gasteiger partial charge >= 0.3 is 0 Å². The smallest absolute Gasteiger partial charge is 0.161 e. The maximum Gasteiger partial charge on any atom is 0.161 e. The third kappa shape index (κ3) is 1.85. The Morgan fingerprint density at radius 1 is 1.22 bits per heavy atom. The summed E-state index contributed by atoms with van der Waals surface area (Å²) in [6.07, 6.45) is 0. The van der Waals surface area contributed by atoms with Gasteiger partial charge in [0.2, 0.25) is 0 Å². The lowest BCUT2D eigenvalue weighted by molar-refractivity contribution is -0.0705. The Hall–Kier alpha value is -1.26. The van der Waals surface area contributed by atoms with Crippen LogP contribution in [0.25, 0.3) is 0 Å². The zero-order chi connectivity index (χ0) is 13.3. The highest BCUT2D eigenvalue weighted by Gasteiger charge is 2.45. The number of benzene rings is 1. The Labute approximate surface area is 108 Å². The number of methoxy groups -OCH3 is 2. The topological polar surface area (TPSA) is 53.7 Å². The predicted octanol–water partition coefficient (Wildman–Crippen LogP) is 1.63. The summed E-state index contributed by atoms with van der Waals surface area (Å²) in [5.74, 6) is 1.49. The molecule has 0 saturated carbocycles. The van der Waals surface area contributed by atoms with Crippen molar-refractivity contribution in [2.75, 3.05) is 27.4 Å². The van der Waals surface area contributed by atoms with E-state index in [2.05, 4.69) is 6.92 Å². The molecular weight excluding hydrogens is 230 g/mol. The molecule has 0 radical (unpaired) electrons. The lowest BCUT2D eigenvalue weighted by atomic mass is 9.71. The SMILES string of the molecule is COc1cc(C)c(C2(C(C)N)COC2)cc1OC. The minimum atomic E-state index is -0.0936. The monoisotopic (exact) mass is 251 g/mol. The molecule has 1 aromatic carbocycles. The first-order valence-corrected chi connectivity index (χ1v) is 6.11. The number of rotatable bonds is 4. The van der Waals surface area contributed by atoms with Crippen LogP contribution in [0.4, 0.5) is 0 Å². The van der Waals surface area contributed by atoms with Gasteiger partial charge in [0.15, 0.2) is 11.5 Å². The van der Waals surface area contributed by atoms with Crippen molar-refractivity contribution in [2.24, 2.45) is 5.73 Å². The van der Waals surface area contributed by atoms with E-state index in [0.717, 1.165) is 17.1 Å². The van der Waals surface area contributed by atoms with E-state index < -0.39 is 0 Å². The molecular formula is C14H21NO3.